The first kappa shape index (κ1) is 20.1. The van der Waals surface area contributed by atoms with Gasteiger partial charge in [-0.25, -0.2) is 4.98 Å². The molecule has 1 aliphatic rings. The Bertz CT molecular complexity index is 876. The largest absolute Gasteiger partial charge is 0.497 e. The lowest BCUT2D eigenvalue weighted by molar-refractivity contribution is -0.132. The van der Waals surface area contributed by atoms with Gasteiger partial charge < -0.3 is 14.6 Å². The first-order chi connectivity index (χ1) is 13.6. The van der Waals surface area contributed by atoms with E-state index in [1.54, 1.807) is 12.0 Å². The highest BCUT2D eigenvalue weighted by Crippen LogP contribution is 2.18. The summed E-state index contributed by atoms with van der Waals surface area (Å²) in [7, 11) is 1.63. The van der Waals surface area contributed by atoms with Gasteiger partial charge in [-0.1, -0.05) is 38.3 Å². The lowest BCUT2D eigenvalue weighted by Crippen LogP contribution is -2.39. The number of methoxy groups -OCH3 is 1. The molecule has 6 heteroatoms. The smallest absolute Gasteiger partial charge is 0.256 e. The fourth-order valence-corrected chi connectivity index (χ4v) is 3.61. The average molecular weight is 383 g/mol. The van der Waals surface area contributed by atoms with Gasteiger partial charge in [0.25, 0.3) is 5.56 Å². The molecule has 0 saturated heterocycles. The van der Waals surface area contributed by atoms with Crippen LogP contribution in [0.3, 0.4) is 0 Å². The molecule has 1 aromatic carbocycles. The highest BCUT2D eigenvalue weighted by molar-refractivity contribution is 5.76. The number of aromatic nitrogens is 2. The molecule has 1 aromatic heterocycles. The van der Waals surface area contributed by atoms with Crippen molar-refractivity contribution in [3.63, 3.8) is 0 Å². The van der Waals surface area contributed by atoms with Gasteiger partial charge in [-0.2, -0.15) is 0 Å². The van der Waals surface area contributed by atoms with Gasteiger partial charge in [0.1, 0.15) is 11.6 Å². The molecule has 1 N–H and O–H groups in total. The van der Waals surface area contributed by atoms with Crippen LogP contribution in [0.5, 0.6) is 5.75 Å². The molecule has 1 aliphatic heterocycles. The zero-order valence-electron chi connectivity index (χ0n) is 16.8. The average Bonchev–Trinajstić information content (AvgIpc) is 2.71. The minimum absolute atomic E-state index is 0.133. The van der Waals surface area contributed by atoms with Gasteiger partial charge in [0.05, 0.1) is 24.9 Å². The molecule has 0 spiro atoms. The topological polar surface area (TPSA) is 75.3 Å². The van der Waals surface area contributed by atoms with Gasteiger partial charge in [-0.3, -0.25) is 9.59 Å². The van der Waals surface area contributed by atoms with Crippen LogP contribution < -0.4 is 10.3 Å². The number of benzene rings is 1. The van der Waals surface area contributed by atoms with Crippen molar-refractivity contribution in [2.75, 3.05) is 13.7 Å². The summed E-state index contributed by atoms with van der Waals surface area (Å²) >= 11 is 0. The first-order valence-corrected chi connectivity index (χ1v) is 10.1. The van der Waals surface area contributed by atoms with Crippen LogP contribution in [0.1, 0.15) is 61.7 Å². The van der Waals surface area contributed by atoms with E-state index in [-0.39, 0.29) is 11.5 Å². The summed E-state index contributed by atoms with van der Waals surface area (Å²) < 4.78 is 5.25. The molecule has 1 amide bonds. The second kappa shape index (κ2) is 9.53. The van der Waals surface area contributed by atoms with Crippen molar-refractivity contribution in [2.24, 2.45) is 0 Å². The Kier molecular flexibility index (Phi) is 6.85. The number of carbonyl (C=O) groups excluding carboxylic acids is 1. The SMILES string of the molecule is CCCCCCC(=O)N1CCc2nc(Cc3cccc(OC)c3)[nH]c(=O)c2C1. The van der Waals surface area contributed by atoms with E-state index in [1.165, 1.54) is 0 Å². The van der Waals surface area contributed by atoms with Crippen LogP contribution in [0.2, 0.25) is 0 Å². The Hall–Kier alpha value is -2.63. The third-order valence-electron chi connectivity index (χ3n) is 5.22. The van der Waals surface area contributed by atoms with Crippen molar-refractivity contribution in [3.8, 4) is 5.75 Å². The van der Waals surface area contributed by atoms with Crippen LogP contribution in [-0.2, 0) is 24.2 Å². The lowest BCUT2D eigenvalue weighted by Gasteiger charge is -2.28. The monoisotopic (exact) mass is 383 g/mol. The predicted molar refractivity (Wildman–Crippen MR) is 109 cm³/mol. The number of hydrogen-bond acceptors (Lipinski definition) is 4. The Balaban J connectivity index is 1.67. The molecular formula is C22H29N3O3. The zero-order chi connectivity index (χ0) is 19.9. The molecule has 0 fully saturated rings. The number of carbonyl (C=O) groups is 1. The number of amides is 1. The molecule has 0 saturated carbocycles. The Morgan fingerprint density at radius 3 is 2.93 bits per heavy atom. The maximum atomic E-state index is 12.6. The van der Waals surface area contributed by atoms with E-state index in [1.807, 2.05) is 24.3 Å². The van der Waals surface area contributed by atoms with Gasteiger partial charge in [0.15, 0.2) is 0 Å². The summed E-state index contributed by atoms with van der Waals surface area (Å²) in [5.41, 5.74) is 2.34. The van der Waals surface area contributed by atoms with E-state index >= 15 is 0 Å². The fraction of sp³-hybridized carbons (Fsp3) is 0.500. The van der Waals surface area contributed by atoms with Gasteiger partial charge in [0.2, 0.25) is 5.91 Å². The van der Waals surface area contributed by atoms with Crippen molar-refractivity contribution in [2.45, 2.75) is 58.4 Å². The summed E-state index contributed by atoms with van der Waals surface area (Å²) in [6.45, 7) is 3.16. The quantitative estimate of drug-likeness (QED) is 0.710. The Morgan fingerprint density at radius 2 is 2.14 bits per heavy atom. The van der Waals surface area contributed by atoms with Crippen LogP contribution in [0.25, 0.3) is 0 Å². The Labute approximate surface area is 165 Å². The predicted octanol–water partition coefficient (Wildman–Crippen LogP) is 3.22. The van der Waals surface area contributed by atoms with E-state index in [0.29, 0.717) is 43.7 Å². The number of aromatic amines is 1. The Morgan fingerprint density at radius 1 is 1.29 bits per heavy atom. The number of hydrogen-bond donors (Lipinski definition) is 1. The molecule has 150 valence electrons. The van der Waals surface area contributed by atoms with Gasteiger partial charge in [-0.15, -0.1) is 0 Å². The van der Waals surface area contributed by atoms with E-state index in [4.69, 9.17) is 4.74 Å². The van der Waals surface area contributed by atoms with Gasteiger partial charge in [0, 0.05) is 25.8 Å². The molecule has 2 aromatic rings. The van der Waals surface area contributed by atoms with Crippen molar-refractivity contribution in [1.82, 2.24) is 14.9 Å². The van der Waals surface area contributed by atoms with Gasteiger partial charge in [-0.05, 0) is 24.1 Å². The van der Waals surface area contributed by atoms with E-state index in [2.05, 4.69) is 16.9 Å². The van der Waals surface area contributed by atoms with E-state index in [0.717, 1.165) is 42.7 Å². The highest BCUT2D eigenvalue weighted by Gasteiger charge is 2.24. The van der Waals surface area contributed by atoms with Crippen LogP contribution >= 0.6 is 0 Å². The molecule has 0 aliphatic carbocycles. The molecule has 0 unspecified atom stereocenters. The maximum Gasteiger partial charge on any atom is 0.256 e. The number of nitrogens with zero attached hydrogens (tertiary/aromatic N) is 2. The summed E-state index contributed by atoms with van der Waals surface area (Å²) in [4.78, 5) is 34.4. The molecule has 0 atom stereocenters. The van der Waals surface area contributed by atoms with E-state index < -0.39 is 0 Å². The maximum absolute atomic E-state index is 12.6. The summed E-state index contributed by atoms with van der Waals surface area (Å²) in [6.07, 6.45) is 6.06. The molecular weight excluding hydrogens is 354 g/mol. The molecule has 0 bridgehead atoms. The summed E-state index contributed by atoms with van der Waals surface area (Å²) in [5.74, 6) is 1.57. The summed E-state index contributed by atoms with van der Waals surface area (Å²) in [5, 5.41) is 0. The van der Waals surface area contributed by atoms with Crippen LogP contribution in [0.15, 0.2) is 29.1 Å². The number of rotatable bonds is 8. The molecule has 0 radical (unpaired) electrons. The molecule has 28 heavy (non-hydrogen) atoms. The van der Waals surface area contributed by atoms with Crippen molar-refractivity contribution in [3.05, 3.63) is 57.3 Å². The minimum Gasteiger partial charge on any atom is -0.497 e. The lowest BCUT2D eigenvalue weighted by atomic mass is 10.0. The normalized spacial score (nSPS) is 13.3. The third-order valence-corrected chi connectivity index (χ3v) is 5.22. The van der Waals surface area contributed by atoms with Crippen molar-refractivity contribution in [1.29, 1.82) is 0 Å². The number of unbranched alkanes of at least 4 members (excludes halogenated alkanes) is 3. The van der Waals surface area contributed by atoms with Gasteiger partial charge >= 0.3 is 0 Å². The zero-order valence-corrected chi connectivity index (χ0v) is 16.8. The van der Waals surface area contributed by atoms with Crippen molar-refractivity contribution >= 4 is 5.91 Å². The highest BCUT2D eigenvalue weighted by atomic mass is 16.5. The molecule has 2 heterocycles. The molecule has 3 rings (SSSR count). The number of ether oxygens (including phenoxy) is 1. The fourth-order valence-electron chi connectivity index (χ4n) is 3.61. The number of H-pyrrole nitrogens is 1. The number of nitrogens with one attached hydrogen (secondary N) is 1. The summed E-state index contributed by atoms with van der Waals surface area (Å²) in [6, 6.07) is 7.74. The number of fused-ring (bicyclic) bond motifs is 1. The van der Waals surface area contributed by atoms with Crippen molar-refractivity contribution < 1.29 is 9.53 Å². The molecule has 6 nitrogen and oxygen atoms in total. The second-order valence-corrected chi connectivity index (χ2v) is 7.34. The minimum atomic E-state index is -0.133. The van der Waals surface area contributed by atoms with Crippen LogP contribution in [0.4, 0.5) is 0 Å². The first-order valence-electron chi connectivity index (χ1n) is 10.1. The van der Waals surface area contributed by atoms with Crippen LogP contribution in [0, 0.1) is 0 Å². The van der Waals surface area contributed by atoms with E-state index in [9.17, 15) is 9.59 Å². The standard InChI is InChI=1S/C22H29N3O3/c1-3-4-5-6-10-21(26)25-12-11-19-18(15-25)22(27)24-20(23-19)14-16-8-7-9-17(13-16)28-2/h7-9,13H,3-6,10-12,14-15H2,1-2H3,(H,23,24,27). The third kappa shape index (κ3) is 5.00. The second-order valence-electron chi connectivity index (χ2n) is 7.34. The van der Waals surface area contributed by atoms with Crippen LogP contribution in [-0.4, -0.2) is 34.4 Å².